The lowest BCUT2D eigenvalue weighted by molar-refractivity contribution is 0.362. The smallest absolute Gasteiger partial charge is 0.152 e. The molecule has 1 unspecified atom stereocenters. The molecular formula is C20H27N5. The molecule has 3 N–H and O–H groups in total. The van der Waals surface area contributed by atoms with Crippen LogP contribution in [0, 0.1) is 0 Å². The van der Waals surface area contributed by atoms with Gasteiger partial charge in [0.2, 0.25) is 0 Å². The maximum atomic E-state index is 6.26. The highest BCUT2D eigenvalue weighted by molar-refractivity contribution is 6.06. The van der Waals surface area contributed by atoms with Crippen LogP contribution in [0.1, 0.15) is 44.9 Å². The third-order valence-electron chi connectivity index (χ3n) is 5.26. The van der Waals surface area contributed by atoms with Crippen LogP contribution in [0.3, 0.4) is 0 Å². The minimum Gasteiger partial charge on any atom is -0.382 e. The number of hydrogen-bond donors (Lipinski definition) is 2. The molecule has 1 aliphatic heterocycles. The third kappa shape index (κ3) is 3.09. The summed E-state index contributed by atoms with van der Waals surface area (Å²) in [6.45, 7) is 4.30. The van der Waals surface area contributed by atoms with Gasteiger partial charge in [0.1, 0.15) is 11.3 Å². The zero-order chi connectivity index (χ0) is 17.2. The van der Waals surface area contributed by atoms with E-state index in [1.165, 1.54) is 25.7 Å². The topological polar surface area (TPSA) is 68.8 Å². The lowest BCUT2D eigenvalue weighted by Gasteiger charge is -2.25. The van der Waals surface area contributed by atoms with E-state index < -0.39 is 0 Å². The highest BCUT2D eigenvalue weighted by atomic mass is 15.1. The molecule has 0 aliphatic carbocycles. The highest BCUT2D eigenvalue weighted by Gasteiger charge is 2.20. The van der Waals surface area contributed by atoms with Crippen LogP contribution in [-0.2, 0) is 13.0 Å². The van der Waals surface area contributed by atoms with Gasteiger partial charge in [-0.2, -0.15) is 0 Å². The van der Waals surface area contributed by atoms with Gasteiger partial charge >= 0.3 is 0 Å². The molecular weight excluding hydrogens is 310 g/mol. The quantitative estimate of drug-likeness (QED) is 0.745. The van der Waals surface area contributed by atoms with Gasteiger partial charge < -0.3 is 15.6 Å². The van der Waals surface area contributed by atoms with Crippen LogP contribution in [-0.4, -0.2) is 27.1 Å². The van der Waals surface area contributed by atoms with Gasteiger partial charge in [0.25, 0.3) is 0 Å². The normalized spacial score (nSPS) is 18.2. The van der Waals surface area contributed by atoms with Gasteiger partial charge in [0, 0.05) is 24.4 Å². The van der Waals surface area contributed by atoms with E-state index in [0.717, 1.165) is 53.7 Å². The molecule has 1 saturated heterocycles. The summed E-state index contributed by atoms with van der Waals surface area (Å²) in [6.07, 6.45) is 7.12. The number of aromatic nitrogens is 3. The number of nitrogen functional groups attached to an aromatic ring is 1. The minimum atomic E-state index is 0.514. The molecule has 3 aromatic rings. The summed E-state index contributed by atoms with van der Waals surface area (Å²) in [7, 11) is 0. The van der Waals surface area contributed by atoms with Crippen molar-refractivity contribution >= 4 is 27.8 Å². The number of rotatable bonds is 5. The van der Waals surface area contributed by atoms with Crippen molar-refractivity contribution in [2.24, 2.45) is 0 Å². The van der Waals surface area contributed by atoms with Crippen molar-refractivity contribution in [3.05, 3.63) is 30.1 Å². The van der Waals surface area contributed by atoms with Crippen LogP contribution in [0.2, 0.25) is 0 Å². The highest BCUT2D eigenvalue weighted by Crippen LogP contribution is 2.30. The van der Waals surface area contributed by atoms with Gasteiger partial charge in [-0.1, -0.05) is 38.0 Å². The van der Waals surface area contributed by atoms with E-state index >= 15 is 0 Å². The molecule has 5 nitrogen and oxygen atoms in total. The Morgan fingerprint density at radius 3 is 2.92 bits per heavy atom. The molecule has 1 aliphatic rings. The molecule has 0 saturated carbocycles. The first kappa shape index (κ1) is 16.3. The largest absolute Gasteiger partial charge is 0.382 e. The van der Waals surface area contributed by atoms with E-state index in [4.69, 9.17) is 10.7 Å². The van der Waals surface area contributed by atoms with Gasteiger partial charge in [-0.05, 0) is 31.9 Å². The number of aryl methyl sites for hydroxylation is 1. The Morgan fingerprint density at radius 2 is 2.12 bits per heavy atom. The second kappa shape index (κ2) is 7.00. The van der Waals surface area contributed by atoms with Crippen molar-refractivity contribution in [2.75, 3.05) is 12.3 Å². The maximum absolute atomic E-state index is 6.26. The summed E-state index contributed by atoms with van der Waals surface area (Å²) in [5.41, 5.74) is 9.23. The first-order chi connectivity index (χ1) is 12.3. The Balaban J connectivity index is 1.88. The summed E-state index contributed by atoms with van der Waals surface area (Å²) < 4.78 is 2.41. The fourth-order valence-corrected chi connectivity index (χ4v) is 3.93. The first-order valence-corrected chi connectivity index (χ1v) is 9.54. The lowest BCUT2D eigenvalue weighted by Crippen LogP contribution is -2.37. The van der Waals surface area contributed by atoms with Crippen LogP contribution < -0.4 is 11.1 Å². The third-order valence-corrected chi connectivity index (χ3v) is 5.26. The minimum absolute atomic E-state index is 0.514. The molecule has 5 heteroatoms. The number of anilines is 1. The molecule has 1 aromatic carbocycles. The summed E-state index contributed by atoms with van der Waals surface area (Å²) in [4.78, 5) is 9.48. The van der Waals surface area contributed by atoms with E-state index in [2.05, 4.69) is 33.9 Å². The summed E-state index contributed by atoms with van der Waals surface area (Å²) in [5, 5.41) is 4.82. The van der Waals surface area contributed by atoms with E-state index in [9.17, 15) is 0 Å². The fraction of sp³-hybridized carbons (Fsp3) is 0.500. The van der Waals surface area contributed by atoms with Crippen LogP contribution in [0.25, 0.3) is 21.9 Å². The standard InChI is InChI=1S/C20H27N5/c1-2-3-11-17-24-18-19(25(17)13-14-8-6-7-12-22-14)15-9-4-5-10-16(15)23-20(18)21/h4-5,9-10,14,22H,2-3,6-8,11-13H2,1H3,(H2,21,23). The zero-order valence-electron chi connectivity index (χ0n) is 15.0. The predicted molar refractivity (Wildman–Crippen MR) is 104 cm³/mol. The van der Waals surface area contributed by atoms with Crippen LogP contribution in [0.4, 0.5) is 5.82 Å². The summed E-state index contributed by atoms with van der Waals surface area (Å²) in [5.74, 6) is 1.69. The van der Waals surface area contributed by atoms with E-state index in [1.54, 1.807) is 0 Å². The number of hydrogen-bond acceptors (Lipinski definition) is 4. The zero-order valence-corrected chi connectivity index (χ0v) is 15.0. The van der Waals surface area contributed by atoms with Crippen molar-refractivity contribution in [3.8, 4) is 0 Å². The number of pyridine rings is 1. The maximum Gasteiger partial charge on any atom is 0.152 e. The average molecular weight is 337 g/mol. The number of benzene rings is 1. The number of para-hydroxylation sites is 1. The van der Waals surface area contributed by atoms with Crippen LogP contribution >= 0.6 is 0 Å². The molecule has 0 amide bonds. The van der Waals surface area contributed by atoms with Crippen molar-refractivity contribution < 1.29 is 0 Å². The summed E-state index contributed by atoms with van der Waals surface area (Å²) >= 11 is 0. The Bertz CT molecular complexity index is 877. The Labute approximate surface area is 148 Å². The fourth-order valence-electron chi connectivity index (χ4n) is 3.93. The van der Waals surface area contributed by atoms with Crippen LogP contribution in [0.5, 0.6) is 0 Å². The number of nitrogens with two attached hydrogens (primary N) is 1. The Morgan fingerprint density at radius 1 is 1.24 bits per heavy atom. The van der Waals surface area contributed by atoms with Gasteiger partial charge in [0.15, 0.2) is 5.82 Å². The lowest BCUT2D eigenvalue weighted by atomic mass is 10.0. The molecule has 2 aromatic heterocycles. The SMILES string of the molecule is CCCCc1nc2c(N)nc3ccccc3c2n1CC1CCCCN1. The molecule has 4 rings (SSSR count). The number of nitrogens with zero attached hydrogens (tertiary/aromatic N) is 3. The average Bonchev–Trinajstić information content (AvgIpc) is 3.00. The summed E-state index contributed by atoms with van der Waals surface area (Å²) in [6, 6.07) is 8.77. The molecule has 1 fully saturated rings. The Kier molecular flexibility index (Phi) is 4.57. The first-order valence-electron chi connectivity index (χ1n) is 9.54. The molecule has 0 bridgehead atoms. The second-order valence-electron chi connectivity index (χ2n) is 7.10. The molecule has 3 heterocycles. The van der Waals surface area contributed by atoms with Gasteiger partial charge in [-0.3, -0.25) is 0 Å². The molecule has 1 atom stereocenters. The van der Waals surface area contributed by atoms with Crippen molar-refractivity contribution in [2.45, 2.75) is 58.0 Å². The van der Waals surface area contributed by atoms with Gasteiger partial charge in [-0.25, -0.2) is 9.97 Å². The molecule has 0 spiro atoms. The van der Waals surface area contributed by atoms with Crippen LogP contribution in [0.15, 0.2) is 24.3 Å². The number of nitrogens with one attached hydrogen (secondary N) is 1. The Hall–Kier alpha value is -2.14. The second-order valence-corrected chi connectivity index (χ2v) is 7.10. The number of piperidine rings is 1. The molecule has 25 heavy (non-hydrogen) atoms. The van der Waals surface area contributed by atoms with E-state index in [-0.39, 0.29) is 0 Å². The van der Waals surface area contributed by atoms with Crippen molar-refractivity contribution in [1.82, 2.24) is 19.9 Å². The molecule has 0 radical (unpaired) electrons. The van der Waals surface area contributed by atoms with E-state index in [0.29, 0.717) is 11.9 Å². The predicted octanol–water partition coefficient (Wildman–Crippen LogP) is 3.65. The number of fused-ring (bicyclic) bond motifs is 3. The number of imidazole rings is 1. The molecule has 132 valence electrons. The van der Waals surface area contributed by atoms with Crippen molar-refractivity contribution in [1.29, 1.82) is 0 Å². The van der Waals surface area contributed by atoms with E-state index in [1.807, 2.05) is 12.1 Å². The van der Waals surface area contributed by atoms with Crippen molar-refractivity contribution in [3.63, 3.8) is 0 Å². The van der Waals surface area contributed by atoms with Gasteiger partial charge in [0.05, 0.1) is 11.0 Å². The van der Waals surface area contributed by atoms with Gasteiger partial charge in [-0.15, -0.1) is 0 Å². The monoisotopic (exact) mass is 337 g/mol. The number of unbranched alkanes of at least 4 members (excludes halogenated alkanes) is 1.